The van der Waals surface area contributed by atoms with Crippen molar-refractivity contribution in [3.05, 3.63) is 117 Å². The van der Waals surface area contributed by atoms with E-state index in [4.69, 9.17) is 37.4 Å². The molecule has 6 nitrogen and oxygen atoms in total. The highest BCUT2D eigenvalue weighted by Gasteiger charge is 2.18. The first-order chi connectivity index (χ1) is 21.2. The Kier molecular flexibility index (Phi) is 12.4. The van der Waals surface area contributed by atoms with E-state index in [2.05, 4.69) is 54.7 Å². The molecule has 1 unspecified atom stereocenters. The van der Waals surface area contributed by atoms with Crippen LogP contribution < -0.4 is 14.8 Å². The second-order valence-corrected chi connectivity index (χ2v) is 11.6. The number of rotatable bonds is 15. The van der Waals surface area contributed by atoms with Crippen molar-refractivity contribution in [3.8, 4) is 22.6 Å². The molecule has 4 rings (SSSR count). The van der Waals surface area contributed by atoms with Crippen molar-refractivity contribution in [3.63, 3.8) is 0 Å². The fourth-order valence-corrected chi connectivity index (χ4v) is 6.07. The summed E-state index contributed by atoms with van der Waals surface area (Å²) in [4.78, 5) is 11.4. The molecule has 0 fully saturated rings. The van der Waals surface area contributed by atoms with Crippen molar-refractivity contribution in [2.45, 2.75) is 39.0 Å². The van der Waals surface area contributed by atoms with Crippen LogP contribution in [0.15, 0.2) is 78.9 Å². The minimum atomic E-state index is -1.03. The molecule has 0 heterocycles. The molecule has 0 aromatic heterocycles. The van der Waals surface area contributed by atoms with E-state index >= 15 is 0 Å². The van der Waals surface area contributed by atoms with Gasteiger partial charge in [0.2, 0.25) is 0 Å². The van der Waals surface area contributed by atoms with Gasteiger partial charge in [-0.1, -0.05) is 77.8 Å². The maximum Gasteiger partial charge on any atom is 0.404 e. The first-order valence-corrected chi connectivity index (χ1v) is 15.5. The zero-order chi connectivity index (χ0) is 31.5. The van der Waals surface area contributed by atoms with E-state index in [-0.39, 0.29) is 5.92 Å². The monoisotopic (exact) mass is 635 g/mol. The normalized spacial score (nSPS) is 11.7. The Bertz CT molecular complexity index is 1520. The molecule has 0 spiro atoms. The predicted molar refractivity (Wildman–Crippen MR) is 178 cm³/mol. The second kappa shape index (κ2) is 16.4. The fraction of sp³-hybridized carbons (Fsp3) is 0.306. The van der Waals surface area contributed by atoms with E-state index in [1.54, 1.807) is 7.11 Å². The summed E-state index contributed by atoms with van der Waals surface area (Å²) in [7, 11) is 1.73. The summed E-state index contributed by atoms with van der Waals surface area (Å²) >= 11 is 12.5. The highest BCUT2D eigenvalue weighted by Crippen LogP contribution is 2.34. The summed E-state index contributed by atoms with van der Waals surface area (Å²) in [6.45, 7) is 5.67. The molecule has 0 saturated heterocycles. The van der Waals surface area contributed by atoms with Crippen LogP contribution in [-0.2, 0) is 17.6 Å². The average Bonchev–Trinajstić information content (AvgIpc) is 2.99. The summed E-state index contributed by atoms with van der Waals surface area (Å²) in [6.07, 6.45) is 1.54. The molecule has 2 N–H and O–H groups in total. The van der Waals surface area contributed by atoms with Crippen molar-refractivity contribution >= 4 is 29.3 Å². The standard InChI is InChI=1S/C36H39Cl2NO5/c1-24-19-33(37)35(34(38)20-24)44-18-17-43-30-13-10-26(11-14-30)22-29(23-39-36(40)41)31-15-12-28(21-25(31)2)32-9-5-4-7-27(32)8-6-16-42-3/h4-5,7,9-15,19-21,29,39H,6,8,16-18,22-23H2,1-3H3,(H,40,41). The molecule has 0 radical (unpaired) electrons. The number of carboxylic acid groups (broad SMARTS) is 1. The summed E-state index contributed by atoms with van der Waals surface area (Å²) in [6, 6.07) is 26.4. The number of hydrogen-bond acceptors (Lipinski definition) is 4. The van der Waals surface area contributed by atoms with Crippen LogP contribution in [0.25, 0.3) is 11.1 Å². The van der Waals surface area contributed by atoms with Gasteiger partial charge < -0.3 is 24.6 Å². The van der Waals surface area contributed by atoms with E-state index < -0.39 is 6.09 Å². The topological polar surface area (TPSA) is 77.0 Å². The molecule has 0 aliphatic heterocycles. The first-order valence-electron chi connectivity index (χ1n) is 14.7. The molecular formula is C36H39Cl2NO5. The molecule has 0 saturated carbocycles. The van der Waals surface area contributed by atoms with Gasteiger partial charge in [0.15, 0.2) is 5.75 Å². The third kappa shape index (κ3) is 9.39. The van der Waals surface area contributed by atoms with Crippen molar-refractivity contribution < 1.29 is 24.1 Å². The molecule has 232 valence electrons. The summed E-state index contributed by atoms with van der Waals surface area (Å²) in [5.41, 5.74) is 7.94. The number of nitrogens with one attached hydrogen (secondary N) is 1. The van der Waals surface area contributed by atoms with Gasteiger partial charge in [0.1, 0.15) is 19.0 Å². The highest BCUT2D eigenvalue weighted by molar-refractivity contribution is 6.37. The molecular weight excluding hydrogens is 597 g/mol. The van der Waals surface area contributed by atoms with E-state index in [1.165, 1.54) is 11.1 Å². The maximum absolute atomic E-state index is 11.4. The Labute approximate surface area is 269 Å². The Morgan fingerprint density at radius 3 is 2.27 bits per heavy atom. The number of benzene rings is 4. The second-order valence-electron chi connectivity index (χ2n) is 10.8. The molecule has 44 heavy (non-hydrogen) atoms. The van der Waals surface area contributed by atoms with Crippen LogP contribution in [0.1, 0.15) is 40.2 Å². The lowest BCUT2D eigenvalue weighted by Gasteiger charge is -2.21. The van der Waals surface area contributed by atoms with Crippen LogP contribution in [0.3, 0.4) is 0 Å². The van der Waals surface area contributed by atoms with Gasteiger partial charge in [0.25, 0.3) is 0 Å². The molecule has 4 aromatic rings. The number of methoxy groups -OCH3 is 1. The summed E-state index contributed by atoms with van der Waals surface area (Å²) < 4.78 is 16.8. The molecule has 1 amide bonds. The third-order valence-corrected chi connectivity index (χ3v) is 8.04. The highest BCUT2D eigenvalue weighted by atomic mass is 35.5. The molecule has 1 atom stereocenters. The predicted octanol–water partition coefficient (Wildman–Crippen LogP) is 8.91. The number of aryl methyl sites for hydroxylation is 3. The molecule has 0 bridgehead atoms. The Hall–Kier alpha value is -3.71. The van der Waals surface area contributed by atoms with E-state index in [9.17, 15) is 9.90 Å². The maximum atomic E-state index is 11.4. The van der Waals surface area contributed by atoms with Gasteiger partial charge >= 0.3 is 6.09 Å². The largest absolute Gasteiger partial charge is 0.490 e. The minimum absolute atomic E-state index is 0.0405. The third-order valence-electron chi connectivity index (χ3n) is 7.48. The minimum Gasteiger partial charge on any atom is -0.490 e. The Balaban J connectivity index is 1.42. The van der Waals surface area contributed by atoms with Crippen molar-refractivity contribution in [1.82, 2.24) is 5.32 Å². The number of halogens is 2. The Morgan fingerprint density at radius 1 is 0.886 bits per heavy atom. The number of hydrogen-bond donors (Lipinski definition) is 2. The van der Waals surface area contributed by atoms with Crippen LogP contribution in [-0.4, -0.2) is 44.7 Å². The zero-order valence-electron chi connectivity index (χ0n) is 25.4. The van der Waals surface area contributed by atoms with Crippen molar-refractivity contribution in [2.75, 3.05) is 33.5 Å². The Morgan fingerprint density at radius 2 is 1.59 bits per heavy atom. The molecule has 4 aromatic carbocycles. The van der Waals surface area contributed by atoms with Gasteiger partial charge in [-0.15, -0.1) is 0 Å². The number of carbonyl (C=O) groups is 1. The van der Waals surface area contributed by atoms with E-state index in [1.807, 2.05) is 43.3 Å². The smallest absolute Gasteiger partial charge is 0.404 e. The van der Waals surface area contributed by atoms with Gasteiger partial charge in [-0.25, -0.2) is 4.79 Å². The van der Waals surface area contributed by atoms with Crippen LogP contribution in [0.4, 0.5) is 4.79 Å². The summed E-state index contributed by atoms with van der Waals surface area (Å²) in [5, 5.41) is 12.9. The van der Waals surface area contributed by atoms with Crippen LogP contribution in [0, 0.1) is 13.8 Å². The SMILES string of the molecule is COCCCc1ccccc1-c1ccc(C(CNC(=O)O)Cc2ccc(OCCOc3c(Cl)cc(C)cc3Cl)cc2)c(C)c1. The molecule has 0 aliphatic rings. The molecule has 0 aliphatic carbocycles. The van der Waals surface area contributed by atoms with Crippen molar-refractivity contribution in [1.29, 1.82) is 0 Å². The lowest BCUT2D eigenvalue weighted by molar-refractivity contribution is 0.193. The van der Waals surface area contributed by atoms with Crippen molar-refractivity contribution in [2.24, 2.45) is 0 Å². The van der Waals surface area contributed by atoms with E-state index in [0.717, 1.165) is 47.3 Å². The zero-order valence-corrected chi connectivity index (χ0v) is 26.9. The van der Waals surface area contributed by atoms with Gasteiger partial charge in [-0.05, 0) is 96.3 Å². The lowest BCUT2D eigenvalue weighted by Crippen LogP contribution is -2.28. The number of amides is 1. The lowest BCUT2D eigenvalue weighted by atomic mass is 9.86. The first kappa shape index (κ1) is 33.2. The number of ether oxygens (including phenoxy) is 3. The van der Waals surface area contributed by atoms with Gasteiger partial charge in [0, 0.05) is 26.2 Å². The quantitative estimate of drug-likeness (QED) is 0.128. The summed E-state index contributed by atoms with van der Waals surface area (Å²) in [5.74, 6) is 1.12. The molecule has 8 heteroatoms. The fourth-order valence-electron chi connectivity index (χ4n) is 5.36. The van der Waals surface area contributed by atoms with Crippen LogP contribution in [0.5, 0.6) is 11.5 Å². The average molecular weight is 637 g/mol. The van der Waals surface area contributed by atoms with Gasteiger partial charge in [0.05, 0.1) is 10.0 Å². The van der Waals surface area contributed by atoms with Gasteiger partial charge in [-0.3, -0.25) is 0 Å². The van der Waals surface area contributed by atoms with Crippen LogP contribution in [0.2, 0.25) is 10.0 Å². The van der Waals surface area contributed by atoms with E-state index in [0.29, 0.717) is 47.7 Å². The van der Waals surface area contributed by atoms with Crippen LogP contribution >= 0.6 is 23.2 Å². The van der Waals surface area contributed by atoms with Gasteiger partial charge in [-0.2, -0.15) is 0 Å².